The molecule has 1 amide bonds. The third-order valence-electron chi connectivity index (χ3n) is 4.12. The van der Waals surface area contributed by atoms with Crippen LogP contribution in [0.4, 0.5) is 5.69 Å². The summed E-state index contributed by atoms with van der Waals surface area (Å²) in [6.45, 7) is 6.74. The van der Waals surface area contributed by atoms with E-state index in [9.17, 15) is 4.79 Å². The number of hydrogen-bond acceptors (Lipinski definition) is 5. The highest BCUT2D eigenvalue weighted by molar-refractivity contribution is 14.0. The predicted molar refractivity (Wildman–Crippen MR) is 121 cm³/mol. The Labute approximate surface area is 184 Å². The number of aromatic nitrogens is 1. The summed E-state index contributed by atoms with van der Waals surface area (Å²) < 4.78 is 11.1. The molecule has 1 aliphatic heterocycles. The van der Waals surface area contributed by atoms with Crippen LogP contribution in [0.1, 0.15) is 26.2 Å². The Kier molecular flexibility index (Phi) is 13.6. The van der Waals surface area contributed by atoms with Crippen LogP contribution in [0.3, 0.4) is 0 Å². The van der Waals surface area contributed by atoms with E-state index in [1.165, 1.54) is 0 Å². The van der Waals surface area contributed by atoms with Crippen LogP contribution in [0.5, 0.6) is 0 Å². The summed E-state index contributed by atoms with van der Waals surface area (Å²) in [7, 11) is 0. The van der Waals surface area contributed by atoms with Gasteiger partial charge in [-0.2, -0.15) is 0 Å². The third-order valence-corrected chi connectivity index (χ3v) is 4.12. The lowest BCUT2D eigenvalue weighted by Crippen LogP contribution is -2.38. The normalized spacial score (nSPS) is 14.8. The van der Waals surface area contributed by atoms with Crippen LogP contribution in [0.25, 0.3) is 0 Å². The van der Waals surface area contributed by atoms with E-state index in [0.717, 1.165) is 52.2 Å². The number of aliphatic imine (C=N–C) groups is 1. The zero-order valence-corrected chi connectivity index (χ0v) is 18.8. The van der Waals surface area contributed by atoms with Crippen molar-refractivity contribution in [2.24, 2.45) is 10.9 Å². The van der Waals surface area contributed by atoms with E-state index >= 15 is 0 Å². The van der Waals surface area contributed by atoms with Crippen LogP contribution in [-0.4, -0.2) is 62.9 Å². The minimum atomic E-state index is -0.181. The van der Waals surface area contributed by atoms with Gasteiger partial charge in [-0.25, -0.2) is 4.99 Å². The molecule has 1 fully saturated rings. The fourth-order valence-electron chi connectivity index (χ4n) is 2.67. The maximum absolute atomic E-state index is 12.0. The van der Waals surface area contributed by atoms with Gasteiger partial charge in [-0.15, -0.1) is 24.0 Å². The Balaban J connectivity index is 0.00000392. The molecule has 0 aliphatic carbocycles. The van der Waals surface area contributed by atoms with Gasteiger partial charge in [-0.3, -0.25) is 9.78 Å². The van der Waals surface area contributed by atoms with Gasteiger partial charge in [0.05, 0.1) is 11.9 Å². The monoisotopic (exact) mass is 505 g/mol. The zero-order chi connectivity index (χ0) is 19.2. The topological polar surface area (TPSA) is 96.9 Å². The molecule has 0 saturated carbocycles. The molecular weight excluding hydrogens is 473 g/mol. The second-order valence-electron chi connectivity index (χ2n) is 6.40. The van der Waals surface area contributed by atoms with E-state index < -0.39 is 0 Å². The molecule has 9 heteroatoms. The minimum Gasteiger partial charge on any atom is -0.381 e. The van der Waals surface area contributed by atoms with Gasteiger partial charge in [-0.05, 0) is 44.2 Å². The molecule has 0 radical (unpaired) electrons. The molecule has 1 aliphatic rings. The summed E-state index contributed by atoms with van der Waals surface area (Å²) in [4.78, 5) is 20.2. The number of amides is 1. The Hall–Kier alpha value is -1.46. The molecule has 0 bridgehead atoms. The standard InChI is InChI=1S/C19H31N5O3.HI/c1-2-21-19(23-14-18(25)24-17-5-3-8-20-13-17)22-9-4-10-27-15-16-6-11-26-12-7-16;/h3,5,8,13,16H,2,4,6-7,9-12,14-15H2,1H3,(H,24,25)(H2,21,22,23);1H. The van der Waals surface area contributed by atoms with Crippen molar-refractivity contribution in [3.8, 4) is 0 Å². The Morgan fingerprint density at radius 1 is 1.36 bits per heavy atom. The third kappa shape index (κ3) is 10.8. The summed E-state index contributed by atoms with van der Waals surface area (Å²) in [6, 6.07) is 3.56. The SMILES string of the molecule is CCNC(=NCC(=O)Nc1cccnc1)NCCCOCC1CCOCC1.I. The van der Waals surface area contributed by atoms with Gasteiger partial charge in [0.15, 0.2) is 5.96 Å². The fraction of sp³-hybridized carbons (Fsp3) is 0.632. The number of anilines is 1. The summed E-state index contributed by atoms with van der Waals surface area (Å²) in [5.41, 5.74) is 0.664. The molecule has 8 nitrogen and oxygen atoms in total. The van der Waals surface area contributed by atoms with Crippen LogP contribution in [-0.2, 0) is 14.3 Å². The van der Waals surface area contributed by atoms with E-state index in [0.29, 0.717) is 24.2 Å². The fourth-order valence-corrected chi connectivity index (χ4v) is 2.67. The van der Waals surface area contributed by atoms with E-state index in [1.807, 2.05) is 6.92 Å². The number of pyridine rings is 1. The molecule has 2 heterocycles. The molecule has 28 heavy (non-hydrogen) atoms. The highest BCUT2D eigenvalue weighted by Crippen LogP contribution is 2.14. The Bertz CT molecular complexity index is 568. The van der Waals surface area contributed by atoms with E-state index in [4.69, 9.17) is 9.47 Å². The van der Waals surface area contributed by atoms with Crippen LogP contribution in [0.15, 0.2) is 29.5 Å². The second-order valence-corrected chi connectivity index (χ2v) is 6.40. The van der Waals surface area contributed by atoms with Gasteiger partial charge in [0.25, 0.3) is 0 Å². The molecule has 0 spiro atoms. The highest BCUT2D eigenvalue weighted by Gasteiger charge is 2.13. The van der Waals surface area contributed by atoms with Gasteiger partial charge in [0.1, 0.15) is 6.54 Å². The second kappa shape index (κ2) is 15.5. The Morgan fingerprint density at radius 3 is 2.89 bits per heavy atom. The van der Waals surface area contributed by atoms with E-state index in [-0.39, 0.29) is 36.4 Å². The van der Waals surface area contributed by atoms with Crippen LogP contribution >= 0.6 is 24.0 Å². The van der Waals surface area contributed by atoms with Crippen molar-refractivity contribution in [3.05, 3.63) is 24.5 Å². The first kappa shape index (κ1) is 24.6. The molecule has 1 aromatic heterocycles. The van der Waals surface area contributed by atoms with Crippen molar-refractivity contribution in [2.45, 2.75) is 26.2 Å². The van der Waals surface area contributed by atoms with Crippen molar-refractivity contribution in [1.82, 2.24) is 15.6 Å². The number of hydrogen-bond donors (Lipinski definition) is 3. The smallest absolute Gasteiger partial charge is 0.246 e. The van der Waals surface area contributed by atoms with Crippen molar-refractivity contribution in [2.75, 3.05) is 51.4 Å². The molecular formula is C19H32IN5O3. The quantitative estimate of drug-likeness (QED) is 0.195. The van der Waals surface area contributed by atoms with E-state index in [1.54, 1.807) is 24.5 Å². The van der Waals surface area contributed by atoms with E-state index in [2.05, 4.69) is 25.9 Å². The van der Waals surface area contributed by atoms with Gasteiger partial charge in [-0.1, -0.05) is 0 Å². The first-order chi connectivity index (χ1) is 13.3. The number of guanidine groups is 1. The van der Waals surface area contributed by atoms with Crippen LogP contribution < -0.4 is 16.0 Å². The number of ether oxygens (including phenoxy) is 2. The van der Waals surface area contributed by atoms with Gasteiger partial charge in [0, 0.05) is 45.7 Å². The number of rotatable bonds is 10. The van der Waals surface area contributed by atoms with Crippen molar-refractivity contribution in [3.63, 3.8) is 0 Å². The largest absolute Gasteiger partial charge is 0.381 e. The van der Waals surface area contributed by atoms with Crippen molar-refractivity contribution >= 4 is 41.5 Å². The number of nitrogens with one attached hydrogen (secondary N) is 3. The molecule has 1 saturated heterocycles. The average molecular weight is 505 g/mol. The average Bonchev–Trinajstić information content (AvgIpc) is 2.70. The Morgan fingerprint density at radius 2 is 2.18 bits per heavy atom. The zero-order valence-electron chi connectivity index (χ0n) is 16.5. The molecule has 3 N–H and O–H groups in total. The minimum absolute atomic E-state index is 0. The number of nitrogens with zero attached hydrogens (tertiary/aromatic N) is 2. The van der Waals surface area contributed by atoms with Gasteiger partial charge < -0.3 is 25.4 Å². The summed E-state index contributed by atoms with van der Waals surface area (Å²) in [5.74, 6) is 1.08. The number of halogens is 1. The van der Waals surface area contributed by atoms with Gasteiger partial charge in [0.2, 0.25) is 5.91 Å². The van der Waals surface area contributed by atoms with Crippen LogP contribution in [0.2, 0.25) is 0 Å². The van der Waals surface area contributed by atoms with Crippen LogP contribution in [0, 0.1) is 5.92 Å². The summed E-state index contributed by atoms with van der Waals surface area (Å²) in [5, 5.41) is 9.12. The predicted octanol–water partition coefficient (Wildman–Crippen LogP) is 2.03. The number of carbonyl (C=O) groups excluding carboxylic acids is 1. The van der Waals surface area contributed by atoms with Crippen molar-refractivity contribution < 1.29 is 14.3 Å². The summed E-state index contributed by atoms with van der Waals surface area (Å²) in [6.07, 6.45) is 6.34. The molecule has 0 unspecified atom stereocenters. The van der Waals surface area contributed by atoms with Gasteiger partial charge >= 0.3 is 0 Å². The first-order valence-electron chi connectivity index (χ1n) is 9.65. The molecule has 1 aromatic rings. The maximum atomic E-state index is 12.0. The molecule has 0 atom stereocenters. The maximum Gasteiger partial charge on any atom is 0.246 e. The highest BCUT2D eigenvalue weighted by atomic mass is 127. The number of carbonyl (C=O) groups is 1. The summed E-state index contributed by atoms with van der Waals surface area (Å²) >= 11 is 0. The molecule has 2 rings (SSSR count). The van der Waals surface area contributed by atoms with Crippen molar-refractivity contribution in [1.29, 1.82) is 0 Å². The molecule has 0 aromatic carbocycles. The lowest BCUT2D eigenvalue weighted by Gasteiger charge is -2.21. The lowest BCUT2D eigenvalue weighted by molar-refractivity contribution is -0.114. The lowest BCUT2D eigenvalue weighted by atomic mass is 10.0. The molecule has 158 valence electrons. The first-order valence-corrected chi connectivity index (χ1v) is 9.65.